The van der Waals surface area contributed by atoms with Crippen LogP contribution in [-0.4, -0.2) is 53.5 Å². The van der Waals surface area contributed by atoms with Crippen LogP contribution in [0.1, 0.15) is 47.7 Å². The lowest BCUT2D eigenvalue weighted by Crippen LogP contribution is -2.29. The van der Waals surface area contributed by atoms with E-state index in [1.807, 2.05) is 35.5 Å². The predicted octanol–water partition coefficient (Wildman–Crippen LogP) is 2.65. The largest absolute Gasteiger partial charge is 0.487 e. The highest BCUT2D eigenvalue weighted by atomic mass is 16.5. The van der Waals surface area contributed by atoms with Crippen LogP contribution >= 0.6 is 0 Å². The second-order valence-corrected chi connectivity index (χ2v) is 9.01. The molecule has 0 radical (unpaired) electrons. The van der Waals surface area contributed by atoms with Crippen molar-refractivity contribution in [1.29, 1.82) is 0 Å². The molecule has 1 unspecified atom stereocenters. The number of aromatic nitrogens is 1. The highest BCUT2D eigenvalue weighted by Gasteiger charge is 2.26. The molecule has 1 aromatic carbocycles. The van der Waals surface area contributed by atoms with Gasteiger partial charge in [0.15, 0.2) is 0 Å². The van der Waals surface area contributed by atoms with Crippen LogP contribution in [0.5, 0.6) is 5.75 Å². The third-order valence-electron chi connectivity index (χ3n) is 6.35. The summed E-state index contributed by atoms with van der Waals surface area (Å²) in [5.74, 6) is 0.754. The summed E-state index contributed by atoms with van der Waals surface area (Å²) in [6.45, 7) is 5.63. The number of hydrazine groups is 1. The first-order chi connectivity index (χ1) is 16.0. The van der Waals surface area contributed by atoms with Crippen LogP contribution in [0.4, 0.5) is 5.69 Å². The Morgan fingerprint density at radius 3 is 2.79 bits per heavy atom. The number of anilines is 1. The van der Waals surface area contributed by atoms with E-state index in [4.69, 9.17) is 4.74 Å². The molecule has 1 atom stereocenters. The molecule has 3 aliphatic rings. The molecule has 1 saturated heterocycles. The van der Waals surface area contributed by atoms with Gasteiger partial charge in [0.2, 0.25) is 5.91 Å². The second-order valence-electron chi connectivity index (χ2n) is 9.01. The number of aryl methyl sites for hydroxylation is 1. The second kappa shape index (κ2) is 8.86. The van der Waals surface area contributed by atoms with Gasteiger partial charge in [-0.15, -0.1) is 0 Å². The van der Waals surface area contributed by atoms with E-state index in [1.54, 1.807) is 24.2 Å². The molecule has 2 aliphatic heterocycles. The number of ether oxygens (including phenoxy) is 1. The van der Waals surface area contributed by atoms with E-state index < -0.39 is 0 Å². The first-order valence-corrected chi connectivity index (χ1v) is 11.5. The predicted molar refractivity (Wildman–Crippen MR) is 126 cm³/mol. The molecule has 172 valence electrons. The summed E-state index contributed by atoms with van der Waals surface area (Å²) in [4.78, 5) is 30.2. The van der Waals surface area contributed by atoms with E-state index >= 15 is 0 Å². The minimum atomic E-state index is -0.0178. The fourth-order valence-corrected chi connectivity index (χ4v) is 4.26. The number of nitrogens with zero attached hydrogens (tertiary/aromatic N) is 3. The minimum Gasteiger partial charge on any atom is -0.487 e. The fourth-order valence-electron chi connectivity index (χ4n) is 4.26. The number of amides is 2. The third kappa shape index (κ3) is 4.85. The van der Waals surface area contributed by atoms with E-state index in [9.17, 15) is 9.59 Å². The Labute approximate surface area is 193 Å². The summed E-state index contributed by atoms with van der Waals surface area (Å²) in [7, 11) is 0. The number of likely N-dealkylation sites (tertiary alicyclic amines) is 1. The maximum atomic E-state index is 12.5. The van der Waals surface area contributed by atoms with Crippen molar-refractivity contribution in [3.05, 3.63) is 59.5 Å². The van der Waals surface area contributed by atoms with Crippen molar-refractivity contribution in [2.75, 3.05) is 24.6 Å². The van der Waals surface area contributed by atoms with Crippen LogP contribution in [0, 0.1) is 6.92 Å². The summed E-state index contributed by atoms with van der Waals surface area (Å²) >= 11 is 0. The molecule has 3 heterocycles. The summed E-state index contributed by atoms with van der Waals surface area (Å²) in [6.07, 6.45) is 8.46. The van der Waals surface area contributed by atoms with E-state index in [0.29, 0.717) is 30.4 Å². The van der Waals surface area contributed by atoms with Crippen LogP contribution in [0.3, 0.4) is 0 Å². The van der Waals surface area contributed by atoms with Crippen molar-refractivity contribution >= 4 is 23.1 Å². The van der Waals surface area contributed by atoms with Crippen molar-refractivity contribution in [1.82, 2.24) is 20.6 Å². The molecule has 33 heavy (non-hydrogen) atoms. The van der Waals surface area contributed by atoms with Gasteiger partial charge in [-0.05, 0) is 48.6 Å². The smallest absolute Gasteiger partial charge is 0.251 e. The van der Waals surface area contributed by atoms with Crippen LogP contribution in [0.25, 0.3) is 5.57 Å². The highest BCUT2D eigenvalue weighted by Crippen LogP contribution is 2.28. The van der Waals surface area contributed by atoms with Gasteiger partial charge in [0, 0.05) is 50.3 Å². The Morgan fingerprint density at radius 2 is 2.03 bits per heavy atom. The van der Waals surface area contributed by atoms with Crippen molar-refractivity contribution in [3.63, 3.8) is 0 Å². The van der Waals surface area contributed by atoms with E-state index in [0.717, 1.165) is 48.2 Å². The zero-order chi connectivity index (χ0) is 22.9. The number of rotatable bonds is 6. The van der Waals surface area contributed by atoms with Gasteiger partial charge in [0.1, 0.15) is 11.9 Å². The zero-order valence-electron chi connectivity index (χ0n) is 19.0. The highest BCUT2D eigenvalue weighted by molar-refractivity contribution is 5.96. The molecule has 0 bridgehead atoms. The number of pyridine rings is 1. The molecule has 1 aromatic heterocycles. The molecule has 1 saturated carbocycles. The lowest BCUT2D eigenvalue weighted by atomic mass is 9.98. The molecule has 2 fully saturated rings. The maximum Gasteiger partial charge on any atom is 0.251 e. The average Bonchev–Trinajstić information content (AvgIpc) is 3.28. The lowest BCUT2D eigenvalue weighted by Gasteiger charge is -2.18. The number of carbonyl (C=O) groups is 2. The Bertz CT molecular complexity index is 1110. The zero-order valence-corrected chi connectivity index (χ0v) is 19.0. The quantitative estimate of drug-likeness (QED) is 0.708. The van der Waals surface area contributed by atoms with Gasteiger partial charge < -0.3 is 15.0 Å². The lowest BCUT2D eigenvalue weighted by molar-refractivity contribution is -0.128. The van der Waals surface area contributed by atoms with Gasteiger partial charge in [-0.2, -0.15) is 0 Å². The Balaban J connectivity index is 1.30. The van der Waals surface area contributed by atoms with Crippen molar-refractivity contribution < 1.29 is 14.3 Å². The van der Waals surface area contributed by atoms with E-state index in [1.165, 1.54) is 0 Å². The van der Waals surface area contributed by atoms with E-state index in [2.05, 4.69) is 22.7 Å². The van der Waals surface area contributed by atoms with E-state index in [-0.39, 0.29) is 17.9 Å². The molecule has 2 aromatic rings. The van der Waals surface area contributed by atoms with Gasteiger partial charge in [-0.25, -0.2) is 5.43 Å². The van der Waals surface area contributed by atoms with Gasteiger partial charge in [-0.3, -0.25) is 19.6 Å². The summed E-state index contributed by atoms with van der Waals surface area (Å²) in [5, 5.41) is 4.99. The van der Waals surface area contributed by atoms with Crippen LogP contribution in [0.2, 0.25) is 0 Å². The molecule has 8 heteroatoms. The normalized spacial score (nSPS) is 20.1. The SMILES string of the molecule is CC(=O)N1CCC(Oc2cncc(N3C=C(c4cc(C(=O)NC5CC5)ccc4C)CN3)c2)C1. The monoisotopic (exact) mass is 447 g/mol. The molecule has 1 aliphatic carbocycles. The number of hydrogen-bond acceptors (Lipinski definition) is 6. The number of hydrogen-bond donors (Lipinski definition) is 2. The first-order valence-electron chi connectivity index (χ1n) is 11.5. The molecule has 8 nitrogen and oxygen atoms in total. The molecular formula is C25H29N5O3. The third-order valence-corrected chi connectivity index (χ3v) is 6.35. The molecule has 2 amide bonds. The topological polar surface area (TPSA) is 86.8 Å². The van der Waals surface area contributed by atoms with Crippen molar-refractivity contribution in [3.8, 4) is 5.75 Å². The summed E-state index contributed by atoms with van der Waals surface area (Å²) in [6, 6.07) is 8.15. The van der Waals surface area contributed by atoms with Gasteiger partial charge in [0.05, 0.1) is 24.6 Å². The first kappa shape index (κ1) is 21.5. The van der Waals surface area contributed by atoms with Gasteiger partial charge in [0.25, 0.3) is 5.91 Å². The summed E-state index contributed by atoms with van der Waals surface area (Å²) in [5.41, 5.74) is 8.22. The Kier molecular flexibility index (Phi) is 5.76. The molecule has 5 rings (SSSR count). The Morgan fingerprint density at radius 1 is 1.18 bits per heavy atom. The van der Waals surface area contributed by atoms with Gasteiger partial charge >= 0.3 is 0 Å². The van der Waals surface area contributed by atoms with Gasteiger partial charge in [-0.1, -0.05) is 6.07 Å². The van der Waals surface area contributed by atoms with Crippen LogP contribution in [0.15, 0.2) is 42.9 Å². The van der Waals surface area contributed by atoms with Crippen LogP contribution < -0.4 is 20.5 Å². The summed E-state index contributed by atoms with van der Waals surface area (Å²) < 4.78 is 6.09. The Hall–Kier alpha value is -3.39. The molecular weight excluding hydrogens is 418 g/mol. The fraction of sp³-hybridized carbons (Fsp3) is 0.400. The molecule has 2 N–H and O–H groups in total. The standard InChI is InChI=1S/C25H29N5O3/c1-16-3-4-18(25(32)28-20-5-6-20)9-24(16)19-11-27-30(14-19)21-10-23(13-26-12-21)33-22-7-8-29(15-22)17(2)31/h3-4,9-10,12-14,20,22,27H,5-8,11,15H2,1-2H3,(H,28,32). The minimum absolute atomic E-state index is 0.00790. The average molecular weight is 448 g/mol. The number of benzene rings is 1. The number of carbonyl (C=O) groups excluding carboxylic acids is 2. The van der Waals surface area contributed by atoms with Crippen molar-refractivity contribution in [2.45, 2.75) is 45.3 Å². The van der Waals surface area contributed by atoms with Crippen LogP contribution in [-0.2, 0) is 4.79 Å². The molecule has 0 spiro atoms. The maximum absolute atomic E-state index is 12.5. The number of nitrogens with one attached hydrogen (secondary N) is 2. The van der Waals surface area contributed by atoms with Crippen molar-refractivity contribution in [2.24, 2.45) is 0 Å².